The Morgan fingerprint density at radius 1 is 1.33 bits per heavy atom. The summed E-state index contributed by atoms with van der Waals surface area (Å²) < 4.78 is 0. The first kappa shape index (κ1) is 13.9. The number of hydrogen-bond donors (Lipinski definition) is 4. The number of nitrogens with one attached hydrogen (secondary N) is 2. The van der Waals surface area contributed by atoms with Crippen LogP contribution in [0.1, 0.15) is 22.8 Å². The largest absolute Gasteiger partial charge is 0.507 e. The molecule has 0 aliphatic rings. The van der Waals surface area contributed by atoms with Crippen molar-refractivity contribution < 1.29 is 19.8 Å². The van der Waals surface area contributed by atoms with Crippen LogP contribution in [0.4, 0.5) is 5.69 Å². The molecular formula is C11H12N2O4S. The van der Waals surface area contributed by atoms with Gasteiger partial charge in [-0.25, -0.2) is 4.79 Å². The number of benzene rings is 1. The molecule has 1 aromatic rings. The molecule has 1 amide bonds. The molecule has 0 saturated carbocycles. The van der Waals surface area contributed by atoms with Crippen molar-refractivity contribution in [1.29, 1.82) is 0 Å². The molecule has 96 valence electrons. The maximum Gasteiger partial charge on any atom is 0.339 e. The fourth-order valence-electron chi connectivity index (χ4n) is 1.34. The summed E-state index contributed by atoms with van der Waals surface area (Å²) in [5, 5.41) is 23.5. The van der Waals surface area contributed by atoms with E-state index in [0.717, 1.165) is 0 Å². The van der Waals surface area contributed by atoms with E-state index >= 15 is 0 Å². The van der Waals surface area contributed by atoms with Gasteiger partial charge in [0.1, 0.15) is 11.3 Å². The molecular weight excluding hydrogens is 256 g/mol. The number of carbonyl (C=O) groups is 2. The molecule has 0 atom stereocenters. The van der Waals surface area contributed by atoms with Crippen LogP contribution < -0.4 is 10.6 Å². The second-order valence-electron chi connectivity index (χ2n) is 3.63. The minimum absolute atomic E-state index is 0.0592. The van der Waals surface area contributed by atoms with Crippen LogP contribution in [0, 0.1) is 6.92 Å². The Labute approximate surface area is 109 Å². The van der Waals surface area contributed by atoms with E-state index in [-0.39, 0.29) is 22.3 Å². The number of rotatable bonds is 2. The summed E-state index contributed by atoms with van der Waals surface area (Å²) in [5.41, 5.74) is 0.535. The number of aryl methyl sites for hydroxylation is 1. The molecule has 0 fully saturated rings. The van der Waals surface area contributed by atoms with Gasteiger partial charge < -0.3 is 20.8 Å². The quantitative estimate of drug-likeness (QED) is 0.475. The first-order valence-electron chi connectivity index (χ1n) is 4.96. The number of phenols is 1. The third-order valence-electron chi connectivity index (χ3n) is 2.08. The van der Waals surface area contributed by atoms with Crippen LogP contribution >= 0.6 is 12.2 Å². The van der Waals surface area contributed by atoms with Crippen molar-refractivity contribution in [2.75, 3.05) is 5.32 Å². The SMILES string of the molecule is CC(=O)NC(=S)Nc1cc(C)c(O)c(C(=O)O)c1. The van der Waals surface area contributed by atoms with E-state index in [4.69, 9.17) is 17.3 Å². The highest BCUT2D eigenvalue weighted by atomic mass is 32.1. The highest BCUT2D eigenvalue weighted by Crippen LogP contribution is 2.26. The van der Waals surface area contributed by atoms with Crippen LogP contribution in [0.3, 0.4) is 0 Å². The zero-order valence-corrected chi connectivity index (χ0v) is 10.6. The fourth-order valence-corrected chi connectivity index (χ4v) is 1.60. The van der Waals surface area contributed by atoms with Gasteiger partial charge in [0.25, 0.3) is 0 Å². The number of carboxylic acids is 1. The number of aromatic carboxylic acids is 1. The minimum atomic E-state index is -1.25. The zero-order chi connectivity index (χ0) is 13.9. The Balaban J connectivity index is 3.01. The normalized spacial score (nSPS) is 9.67. The molecule has 0 aromatic heterocycles. The van der Waals surface area contributed by atoms with E-state index in [1.54, 1.807) is 6.92 Å². The van der Waals surface area contributed by atoms with Crippen molar-refractivity contribution in [3.05, 3.63) is 23.3 Å². The second kappa shape index (κ2) is 5.46. The molecule has 7 heteroatoms. The standard InChI is InChI=1S/C11H12N2O4S/c1-5-3-7(13-11(18)12-6(2)14)4-8(9(5)15)10(16)17/h3-4,15H,1-2H3,(H,16,17)(H2,12,13,14,18). The maximum atomic E-state index is 10.9. The first-order chi connectivity index (χ1) is 8.31. The lowest BCUT2D eigenvalue weighted by Gasteiger charge is -2.11. The van der Waals surface area contributed by atoms with Gasteiger partial charge in [-0.3, -0.25) is 4.79 Å². The Morgan fingerprint density at radius 2 is 1.94 bits per heavy atom. The van der Waals surface area contributed by atoms with Crippen LogP contribution in [-0.4, -0.2) is 27.2 Å². The van der Waals surface area contributed by atoms with Gasteiger partial charge in [0.15, 0.2) is 5.11 Å². The molecule has 0 aliphatic carbocycles. The van der Waals surface area contributed by atoms with Crippen molar-refractivity contribution in [1.82, 2.24) is 5.32 Å². The number of carboxylic acid groups (broad SMARTS) is 1. The Morgan fingerprint density at radius 3 is 2.44 bits per heavy atom. The van der Waals surface area contributed by atoms with Gasteiger partial charge >= 0.3 is 5.97 Å². The summed E-state index contributed by atoms with van der Waals surface area (Å²) in [6, 6.07) is 2.76. The molecule has 0 bridgehead atoms. The summed E-state index contributed by atoms with van der Waals surface area (Å²) in [7, 11) is 0. The molecule has 0 saturated heterocycles. The highest BCUT2D eigenvalue weighted by molar-refractivity contribution is 7.80. The van der Waals surface area contributed by atoms with Crippen molar-refractivity contribution in [3.8, 4) is 5.75 Å². The second-order valence-corrected chi connectivity index (χ2v) is 4.04. The van der Waals surface area contributed by atoms with E-state index in [2.05, 4.69) is 10.6 Å². The lowest BCUT2D eigenvalue weighted by molar-refractivity contribution is -0.117. The summed E-state index contributed by atoms with van der Waals surface area (Å²) in [5.74, 6) is -1.87. The number of carbonyl (C=O) groups excluding carboxylic acids is 1. The van der Waals surface area contributed by atoms with Gasteiger partial charge in [-0.2, -0.15) is 0 Å². The fraction of sp³-hybridized carbons (Fsp3) is 0.182. The van der Waals surface area contributed by atoms with E-state index in [1.165, 1.54) is 19.1 Å². The lowest BCUT2D eigenvalue weighted by Crippen LogP contribution is -2.32. The van der Waals surface area contributed by atoms with Crippen LogP contribution in [-0.2, 0) is 4.79 Å². The van der Waals surface area contributed by atoms with Gasteiger partial charge in [-0.15, -0.1) is 0 Å². The molecule has 6 nitrogen and oxygen atoms in total. The minimum Gasteiger partial charge on any atom is -0.507 e. The van der Waals surface area contributed by atoms with Crippen LogP contribution in [0.5, 0.6) is 5.75 Å². The highest BCUT2D eigenvalue weighted by Gasteiger charge is 2.13. The predicted molar refractivity (Wildman–Crippen MR) is 69.8 cm³/mol. The number of hydrogen-bond acceptors (Lipinski definition) is 4. The Kier molecular flexibility index (Phi) is 4.22. The van der Waals surface area contributed by atoms with E-state index < -0.39 is 5.97 Å². The Hall–Kier alpha value is -2.15. The van der Waals surface area contributed by atoms with Crippen molar-refractivity contribution in [3.63, 3.8) is 0 Å². The van der Waals surface area contributed by atoms with Crippen LogP contribution in [0.25, 0.3) is 0 Å². The first-order valence-corrected chi connectivity index (χ1v) is 5.37. The molecule has 0 heterocycles. The average Bonchev–Trinajstić information content (AvgIpc) is 2.21. The van der Waals surface area contributed by atoms with Crippen LogP contribution in [0.2, 0.25) is 0 Å². The number of aromatic hydroxyl groups is 1. The van der Waals surface area contributed by atoms with Crippen molar-refractivity contribution in [2.24, 2.45) is 0 Å². The zero-order valence-electron chi connectivity index (χ0n) is 9.77. The molecule has 18 heavy (non-hydrogen) atoms. The third kappa shape index (κ3) is 3.42. The summed E-state index contributed by atoms with van der Waals surface area (Å²) in [4.78, 5) is 21.7. The van der Waals surface area contributed by atoms with Crippen LogP contribution in [0.15, 0.2) is 12.1 Å². The van der Waals surface area contributed by atoms with Gasteiger partial charge in [0.2, 0.25) is 5.91 Å². The molecule has 1 aromatic carbocycles. The predicted octanol–water partition coefficient (Wildman–Crippen LogP) is 1.23. The summed E-state index contributed by atoms with van der Waals surface area (Å²) in [6.07, 6.45) is 0. The average molecular weight is 268 g/mol. The van der Waals surface area contributed by atoms with E-state index in [1.807, 2.05) is 0 Å². The third-order valence-corrected chi connectivity index (χ3v) is 2.28. The topological polar surface area (TPSA) is 98.7 Å². The van der Waals surface area contributed by atoms with E-state index in [9.17, 15) is 14.7 Å². The smallest absolute Gasteiger partial charge is 0.339 e. The molecule has 0 unspecified atom stereocenters. The van der Waals surface area contributed by atoms with E-state index in [0.29, 0.717) is 11.3 Å². The Bertz CT molecular complexity index is 528. The monoisotopic (exact) mass is 268 g/mol. The van der Waals surface area contributed by atoms with Crippen molar-refractivity contribution in [2.45, 2.75) is 13.8 Å². The maximum absolute atomic E-state index is 10.9. The summed E-state index contributed by atoms with van der Waals surface area (Å²) in [6.45, 7) is 2.87. The van der Waals surface area contributed by atoms with Gasteiger partial charge in [-0.05, 0) is 36.8 Å². The molecule has 0 radical (unpaired) electrons. The molecule has 0 spiro atoms. The number of amides is 1. The van der Waals surface area contributed by atoms with Crippen molar-refractivity contribution >= 4 is 34.9 Å². The molecule has 1 rings (SSSR count). The summed E-state index contributed by atoms with van der Waals surface area (Å²) >= 11 is 4.84. The molecule has 4 N–H and O–H groups in total. The molecule has 0 aliphatic heterocycles. The number of thiocarbonyl (C=S) groups is 1. The lowest BCUT2D eigenvalue weighted by atomic mass is 10.1. The number of anilines is 1. The van der Waals surface area contributed by atoms with Gasteiger partial charge in [-0.1, -0.05) is 0 Å². The van der Waals surface area contributed by atoms with Gasteiger partial charge in [0, 0.05) is 12.6 Å². The van der Waals surface area contributed by atoms with Gasteiger partial charge in [0.05, 0.1) is 0 Å².